The van der Waals surface area contributed by atoms with E-state index in [2.05, 4.69) is 15.0 Å². The van der Waals surface area contributed by atoms with E-state index in [1.54, 1.807) is 0 Å². The zero-order valence-electron chi connectivity index (χ0n) is 16.4. The van der Waals surface area contributed by atoms with Gasteiger partial charge in [-0.15, -0.1) is 0 Å². The molecule has 2 heterocycles. The fraction of sp³-hybridized carbons (Fsp3) is 0.368. The molecule has 13 heteroatoms. The second kappa shape index (κ2) is 9.36. The van der Waals surface area contributed by atoms with Crippen LogP contribution in [-0.2, 0) is 21.4 Å². The highest BCUT2D eigenvalue weighted by molar-refractivity contribution is 7.89. The summed E-state index contributed by atoms with van der Waals surface area (Å²) in [5, 5.41) is 2.50. The molecule has 174 valence electrons. The van der Waals surface area contributed by atoms with Crippen LogP contribution in [0.1, 0.15) is 18.5 Å². The highest BCUT2D eigenvalue weighted by Gasteiger charge is 2.39. The number of aromatic nitrogens is 1. The number of rotatable bonds is 7. The lowest BCUT2D eigenvalue weighted by Crippen LogP contribution is -2.45. The summed E-state index contributed by atoms with van der Waals surface area (Å²) < 4.78 is 94.6. The van der Waals surface area contributed by atoms with Crippen molar-refractivity contribution in [3.8, 4) is 5.75 Å². The molecule has 7 nitrogen and oxygen atoms in total. The van der Waals surface area contributed by atoms with E-state index in [-0.39, 0.29) is 31.0 Å². The summed E-state index contributed by atoms with van der Waals surface area (Å²) in [5.74, 6) is -3.28. The van der Waals surface area contributed by atoms with Crippen molar-refractivity contribution in [1.29, 1.82) is 0 Å². The van der Waals surface area contributed by atoms with E-state index in [9.17, 15) is 35.2 Å². The largest absolute Gasteiger partial charge is 0.484 e. The van der Waals surface area contributed by atoms with Gasteiger partial charge in [0, 0.05) is 18.8 Å². The van der Waals surface area contributed by atoms with Crippen LogP contribution in [0.15, 0.2) is 41.4 Å². The number of nitrogens with one attached hydrogen (secondary N) is 1. The van der Waals surface area contributed by atoms with Crippen LogP contribution in [0, 0.1) is 11.6 Å². The van der Waals surface area contributed by atoms with Crippen molar-refractivity contribution in [2.24, 2.45) is 0 Å². The number of carbonyl (C=O) groups excluding carboxylic acids is 1. The van der Waals surface area contributed by atoms with Crippen molar-refractivity contribution in [2.45, 2.75) is 36.5 Å². The highest BCUT2D eigenvalue weighted by atomic mass is 32.2. The number of amides is 1. The Morgan fingerprint density at radius 2 is 1.94 bits per heavy atom. The first-order valence-corrected chi connectivity index (χ1v) is 10.8. The maximum atomic E-state index is 13.5. The Balaban J connectivity index is 1.67. The Hall–Kier alpha value is -2.80. The minimum Gasteiger partial charge on any atom is -0.484 e. The summed E-state index contributed by atoms with van der Waals surface area (Å²) in [6, 6.07) is 3.51. The Morgan fingerprint density at radius 3 is 2.62 bits per heavy atom. The first kappa shape index (κ1) is 23.9. The number of halogens is 5. The van der Waals surface area contributed by atoms with Crippen molar-refractivity contribution in [2.75, 3.05) is 13.2 Å². The van der Waals surface area contributed by atoms with Crippen LogP contribution in [-0.4, -0.2) is 49.0 Å². The molecule has 1 aromatic heterocycles. The van der Waals surface area contributed by atoms with Gasteiger partial charge < -0.3 is 10.1 Å². The molecule has 3 rings (SSSR count). The monoisotopic (exact) mass is 479 g/mol. The van der Waals surface area contributed by atoms with Gasteiger partial charge in [-0.25, -0.2) is 17.2 Å². The van der Waals surface area contributed by atoms with Gasteiger partial charge in [-0.1, -0.05) is 0 Å². The van der Waals surface area contributed by atoms with E-state index >= 15 is 0 Å². The molecule has 1 aliphatic rings. The number of hydrogen-bond acceptors (Lipinski definition) is 5. The Bertz CT molecular complexity index is 1090. The second-order valence-corrected chi connectivity index (χ2v) is 8.84. The highest BCUT2D eigenvalue weighted by Crippen LogP contribution is 2.27. The number of alkyl halides is 3. The molecule has 1 atom stereocenters. The third-order valence-corrected chi connectivity index (χ3v) is 6.54. The van der Waals surface area contributed by atoms with Crippen molar-refractivity contribution in [3.63, 3.8) is 0 Å². The quantitative estimate of drug-likeness (QED) is 0.617. The number of nitrogens with zero attached hydrogens (tertiary/aromatic N) is 2. The summed E-state index contributed by atoms with van der Waals surface area (Å²) in [4.78, 5) is 16.1. The van der Waals surface area contributed by atoms with Crippen molar-refractivity contribution < 1.29 is 39.9 Å². The lowest BCUT2D eigenvalue weighted by molar-refractivity contribution is -0.153. The number of hydrogen-bond donors (Lipinski definition) is 1. The van der Waals surface area contributed by atoms with Gasteiger partial charge in [-0.05, 0) is 37.1 Å². The van der Waals surface area contributed by atoms with Gasteiger partial charge in [0.25, 0.3) is 0 Å². The minimum atomic E-state index is -4.51. The Kier molecular flexibility index (Phi) is 6.98. The Morgan fingerprint density at radius 1 is 1.19 bits per heavy atom. The molecule has 1 aliphatic heterocycles. The first-order chi connectivity index (χ1) is 15.0. The first-order valence-electron chi connectivity index (χ1n) is 9.36. The van der Waals surface area contributed by atoms with E-state index in [0.717, 1.165) is 10.4 Å². The van der Waals surface area contributed by atoms with Crippen LogP contribution >= 0.6 is 0 Å². The van der Waals surface area contributed by atoms with Crippen molar-refractivity contribution in [1.82, 2.24) is 14.6 Å². The molecule has 1 amide bonds. The molecule has 0 aliphatic carbocycles. The Labute approximate surface area is 180 Å². The fourth-order valence-electron chi connectivity index (χ4n) is 3.17. The molecule has 1 unspecified atom stereocenters. The number of carbonyl (C=O) groups is 1. The molecule has 0 bridgehead atoms. The lowest BCUT2D eigenvalue weighted by Gasteiger charge is -2.23. The molecule has 0 saturated carbocycles. The third-order valence-electron chi connectivity index (χ3n) is 4.64. The van der Waals surface area contributed by atoms with Gasteiger partial charge in [-0.2, -0.15) is 17.5 Å². The predicted octanol–water partition coefficient (Wildman–Crippen LogP) is 2.77. The summed E-state index contributed by atoms with van der Waals surface area (Å²) in [7, 11) is -4.26. The van der Waals surface area contributed by atoms with E-state index in [4.69, 9.17) is 0 Å². The van der Waals surface area contributed by atoms with Crippen LogP contribution in [0.3, 0.4) is 0 Å². The van der Waals surface area contributed by atoms with E-state index in [1.807, 2.05) is 0 Å². The van der Waals surface area contributed by atoms with Crippen LogP contribution < -0.4 is 10.1 Å². The maximum Gasteiger partial charge on any atom is 0.422 e. The number of pyridine rings is 1. The lowest BCUT2D eigenvalue weighted by atomic mass is 10.2. The fourth-order valence-corrected chi connectivity index (χ4v) is 4.83. The van der Waals surface area contributed by atoms with Gasteiger partial charge in [0.05, 0.1) is 17.1 Å². The molecule has 1 N–H and O–H groups in total. The normalized spacial score (nSPS) is 17.3. The molecule has 32 heavy (non-hydrogen) atoms. The van der Waals surface area contributed by atoms with Gasteiger partial charge in [-0.3, -0.25) is 9.78 Å². The molecule has 1 saturated heterocycles. The number of benzene rings is 1. The third kappa shape index (κ3) is 5.71. The molecule has 1 fully saturated rings. The maximum absolute atomic E-state index is 13.5. The molecular weight excluding hydrogens is 461 g/mol. The van der Waals surface area contributed by atoms with Gasteiger partial charge in [0.2, 0.25) is 15.9 Å². The van der Waals surface area contributed by atoms with E-state index < -0.39 is 51.3 Å². The summed E-state index contributed by atoms with van der Waals surface area (Å²) in [6.45, 7) is -1.66. The average Bonchev–Trinajstić information content (AvgIpc) is 3.23. The van der Waals surface area contributed by atoms with Crippen molar-refractivity contribution in [3.05, 3.63) is 53.9 Å². The van der Waals surface area contributed by atoms with E-state index in [0.29, 0.717) is 18.6 Å². The second-order valence-electron chi connectivity index (χ2n) is 6.95. The molecule has 1 aromatic carbocycles. The van der Waals surface area contributed by atoms with Crippen LogP contribution in [0.4, 0.5) is 22.0 Å². The summed E-state index contributed by atoms with van der Waals surface area (Å²) in [5.41, 5.74) is 0.200. The molecule has 0 spiro atoms. The number of ether oxygens (including phenoxy) is 1. The van der Waals surface area contributed by atoms with Crippen LogP contribution in [0.5, 0.6) is 5.75 Å². The minimum absolute atomic E-state index is 0.0123. The smallest absolute Gasteiger partial charge is 0.422 e. The van der Waals surface area contributed by atoms with Gasteiger partial charge in [0.15, 0.2) is 18.2 Å². The molecule has 0 radical (unpaired) electrons. The number of sulfonamides is 1. The standard InChI is InChI=1S/C19H18F5N3O4S/c20-15-4-3-14(9-16(15)21)32(29,30)27-7-1-2-17(27)18(28)26-10-12-8-13(5-6-25-12)31-11-19(22,23)24/h3-6,8-9,17H,1-2,7,10-11H2,(H,26,28). The molecular formula is C19H18F5N3O4S. The van der Waals surface area contributed by atoms with Gasteiger partial charge >= 0.3 is 6.18 Å². The van der Waals surface area contributed by atoms with Crippen LogP contribution in [0.25, 0.3) is 0 Å². The average molecular weight is 479 g/mol. The van der Waals surface area contributed by atoms with Gasteiger partial charge in [0.1, 0.15) is 11.8 Å². The topological polar surface area (TPSA) is 88.6 Å². The van der Waals surface area contributed by atoms with Crippen LogP contribution in [0.2, 0.25) is 0 Å². The van der Waals surface area contributed by atoms with Crippen molar-refractivity contribution >= 4 is 15.9 Å². The zero-order valence-corrected chi connectivity index (χ0v) is 17.2. The summed E-state index contributed by atoms with van der Waals surface area (Å²) in [6.07, 6.45) is -2.72. The van der Waals surface area contributed by atoms with E-state index in [1.165, 1.54) is 18.3 Å². The predicted molar refractivity (Wildman–Crippen MR) is 101 cm³/mol. The zero-order chi connectivity index (χ0) is 23.5. The SMILES string of the molecule is O=C(NCc1cc(OCC(F)(F)F)ccn1)C1CCCN1S(=O)(=O)c1ccc(F)c(F)c1. The molecule has 2 aromatic rings. The summed E-state index contributed by atoms with van der Waals surface area (Å²) >= 11 is 0.